The van der Waals surface area contributed by atoms with E-state index in [0.29, 0.717) is 18.2 Å². The third-order valence-electron chi connectivity index (χ3n) is 1.68. The summed E-state index contributed by atoms with van der Waals surface area (Å²) >= 11 is 0. The number of rotatable bonds is 4. The van der Waals surface area contributed by atoms with E-state index in [-0.39, 0.29) is 5.82 Å². The Kier molecular flexibility index (Phi) is 3.06. The molecule has 0 spiro atoms. The van der Waals surface area contributed by atoms with Gasteiger partial charge in [-0.2, -0.15) is 4.68 Å². The summed E-state index contributed by atoms with van der Waals surface area (Å²) in [6, 6.07) is 0. The molecule has 1 aromatic rings. The molecule has 1 N–H and O–H groups in total. The summed E-state index contributed by atoms with van der Waals surface area (Å²) in [5, 5.41) is 17.3. The topological polar surface area (TPSA) is 73.0 Å². The van der Waals surface area contributed by atoms with Crippen LogP contribution in [0.4, 0.5) is 11.5 Å². The molecule has 0 aliphatic carbocycles. The number of hydrogen-bond donors (Lipinski definition) is 1. The number of hydrogen-bond acceptors (Lipinski definition) is 4. The van der Waals surface area contributed by atoms with E-state index in [1.807, 2.05) is 13.8 Å². The molecule has 0 radical (unpaired) electrons. The van der Waals surface area contributed by atoms with Gasteiger partial charge in [-0.05, 0) is 10.8 Å². The Bertz CT molecular complexity index is 332. The van der Waals surface area contributed by atoms with Crippen LogP contribution in [0.15, 0.2) is 6.20 Å². The van der Waals surface area contributed by atoms with E-state index in [0.717, 1.165) is 0 Å². The molecule has 6 heteroatoms. The monoisotopic (exact) mass is 198 g/mol. The first-order valence-electron chi connectivity index (χ1n) is 4.42. The van der Waals surface area contributed by atoms with Crippen LogP contribution in [0.2, 0.25) is 0 Å². The molecule has 0 amide bonds. The second-order valence-electron chi connectivity index (χ2n) is 3.57. The van der Waals surface area contributed by atoms with E-state index in [1.165, 1.54) is 4.68 Å². The largest absolute Gasteiger partial charge is 0.413 e. The maximum absolute atomic E-state index is 10.6. The standard InChI is InChI=1S/C8H14N4O2/c1-6(2)4-9-7-5-11(3)10-8(7)12(13)14/h5-6,9H,4H2,1-3H3. The van der Waals surface area contributed by atoms with E-state index in [2.05, 4.69) is 10.4 Å². The highest BCUT2D eigenvalue weighted by molar-refractivity contribution is 5.55. The van der Waals surface area contributed by atoms with Gasteiger partial charge >= 0.3 is 5.82 Å². The van der Waals surface area contributed by atoms with Crippen LogP contribution in [-0.4, -0.2) is 21.2 Å². The first-order valence-corrected chi connectivity index (χ1v) is 4.42. The molecule has 6 nitrogen and oxygen atoms in total. The first-order chi connectivity index (χ1) is 6.50. The van der Waals surface area contributed by atoms with Gasteiger partial charge in [-0.25, -0.2) is 0 Å². The fraction of sp³-hybridized carbons (Fsp3) is 0.625. The molecular weight excluding hydrogens is 184 g/mol. The van der Waals surface area contributed by atoms with Gasteiger partial charge in [-0.3, -0.25) is 0 Å². The molecule has 14 heavy (non-hydrogen) atoms. The predicted molar refractivity (Wildman–Crippen MR) is 53.2 cm³/mol. The van der Waals surface area contributed by atoms with Gasteiger partial charge in [0.1, 0.15) is 0 Å². The third-order valence-corrected chi connectivity index (χ3v) is 1.68. The van der Waals surface area contributed by atoms with Crippen LogP contribution in [0.25, 0.3) is 0 Å². The maximum atomic E-state index is 10.6. The van der Waals surface area contributed by atoms with E-state index in [1.54, 1.807) is 13.2 Å². The van der Waals surface area contributed by atoms with E-state index >= 15 is 0 Å². The van der Waals surface area contributed by atoms with Crippen LogP contribution in [0, 0.1) is 16.0 Å². The summed E-state index contributed by atoms with van der Waals surface area (Å²) in [7, 11) is 1.66. The van der Waals surface area contributed by atoms with E-state index in [4.69, 9.17) is 0 Å². The van der Waals surface area contributed by atoms with Crippen molar-refractivity contribution in [2.24, 2.45) is 13.0 Å². The lowest BCUT2D eigenvalue weighted by molar-refractivity contribution is -0.388. The molecule has 0 atom stereocenters. The van der Waals surface area contributed by atoms with Crippen molar-refractivity contribution in [3.8, 4) is 0 Å². The van der Waals surface area contributed by atoms with Crippen molar-refractivity contribution < 1.29 is 4.92 Å². The Labute approximate surface area is 82.1 Å². The Balaban J connectivity index is 2.79. The molecule has 0 saturated heterocycles. The second kappa shape index (κ2) is 4.08. The van der Waals surface area contributed by atoms with Gasteiger partial charge in [0.05, 0.1) is 18.3 Å². The number of aryl methyl sites for hydroxylation is 1. The van der Waals surface area contributed by atoms with Crippen molar-refractivity contribution in [1.29, 1.82) is 0 Å². The summed E-state index contributed by atoms with van der Waals surface area (Å²) in [6.45, 7) is 4.77. The van der Waals surface area contributed by atoms with Crippen molar-refractivity contribution in [3.63, 3.8) is 0 Å². The Hall–Kier alpha value is -1.59. The van der Waals surface area contributed by atoms with Crippen molar-refractivity contribution in [2.75, 3.05) is 11.9 Å². The molecule has 78 valence electrons. The molecule has 0 saturated carbocycles. The second-order valence-corrected chi connectivity index (χ2v) is 3.57. The highest BCUT2D eigenvalue weighted by Gasteiger charge is 2.18. The maximum Gasteiger partial charge on any atom is 0.413 e. The Morgan fingerprint density at radius 3 is 2.86 bits per heavy atom. The van der Waals surface area contributed by atoms with Crippen LogP contribution in [0.3, 0.4) is 0 Å². The number of anilines is 1. The van der Waals surface area contributed by atoms with Crippen LogP contribution in [0.5, 0.6) is 0 Å². The van der Waals surface area contributed by atoms with Crippen molar-refractivity contribution in [1.82, 2.24) is 9.78 Å². The number of nitrogens with zero attached hydrogens (tertiary/aromatic N) is 3. The van der Waals surface area contributed by atoms with Crippen LogP contribution >= 0.6 is 0 Å². The van der Waals surface area contributed by atoms with Crippen LogP contribution < -0.4 is 5.32 Å². The minimum Gasteiger partial charge on any atom is -0.377 e. The molecule has 0 aliphatic heterocycles. The third kappa shape index (κ3) is 2.45. The van der Waals surface area contributed by atoms with Gasteiger partial charge < -0.3 is 15.4 Å². The molecule has 0 aromatic carbocycles. The predicted octanol–water partition coefficient (Wildman–Crippen LogP) is 1.40. The number of nitrogens with one attached hydrogen (secondary N) is 1. The van der Waals surface area contributed by atoms with Crippen molar-refractivity contribution in [2.45, 2.75) is 13.8 Å². The van der Waals surface area contributed by atoms with Crippen molar-refractivity contribution in [3.05, 3.63) is 16.3 Å². The molecule has 1 heterocycles. The fourth-order valence-electron chi connectivity index (χ4n) is 1.05. The molecule has 0 aliphatic rings. The normalized spacial score (nSPS) is 10.6. The lowest BCUT2D eigenvalue weighted by Crippen LogP contribution is -2.08. The van der Waals surface area contributed by atoms with Gasteiger partial charge in [0.25, 0.3) is 0 Å². The smallest absolute Gasteiger partial charge is 0.377 e. The lowest BCUT2D eigenvalue weighted by atomic mass is 10.2. The van der Waals surface area contributed by atoms with Crippen LogP contribution in [0.1, 0.15) is 13.8 Å². The molecule has 0 fully saturated rings. The SMILES string of the molecule is CC(C)CNc1cn(C)nc1[N+](=O)[O-]. The van der Waals surface area contributed by atoms with Gasteiger partial charge in [-0.15, -0.1) is 0 Å². The molecule has 1 aromatic heterocycles. The zero-order valence-corrected chi connectivity index (χ0v) is 8.52. The highest BCUT2D eigenvalue weighted by atomic mass is 16.6. The summed E-state index contributed by atoms with van der Waals surface area (Å²) in [5.74, 6) is 0.322. The highest BCUT2D eigenvalue weighted by Crippen LogP contribution is 2.21. The van der Waals surface area contributed by atoms with Crippen molar-refractivity contribution >= 4 is 11.5 Å². The first kappa shape index (κ1) is 10.5. The minimum absolute atomic E-state index is 0.117. The van der Waals surface area contributed by atoms with E-state index < -0.39 is 4.92 Å². The number of aromatic nitrogens is 2. The van der Waals surface area contributed by atoms with Gasteiger partial charge in [0.15, 0.2) is 5.69 Å². The summed E-state index contributed by atoms with van der Waals surface area (Å²) in [6.07, 6.45) is 1.61. The Morgan fingerprint density at radius 1 is 1.71 bits per heavy atom. The quantitative estimate of drug-likeness (QED) is 0.586. The van der Waals surface area contributed by atoms with Gasteiger partial charge in [0, 0.05) is 6.54 Å². The molecular formula is C8H14N4O2. The average molecular weight is 198 g/mol. The van der Waals surface area contributed by atoms with E-state index in [9.17, 15) is 10.1 Å². The average Bonchev–Trinajstić information content (AvgIpc) is 2.43. The summed E-state index contributed by atoms with van der Waals surface area (Å²) in [4.78, 5) is 10.1. The van der Waals surface area contributed by atoms with Gasteiger partial charge in [-0.1, -0.05) is 13.8 Å². The van der Waals surface area contributed by atoms with Gasteiger partial charge in [0.2, 0.25) is 0 Å². The van der Waals surface area contributed by atoms with Crippen LogP contribution in [-0.2, 0) is 7.05 Å². The molecule has 0 bridgehead atoms. The zero-order valence-electron chi connectivity index (χ0n) is 8.52. The number of nitro groups is 1. The zero-order chi connectivity index (χ0) is 10.7. The molecule has 1 rings (SSSR count). The molecule has 0 unspecified atom stereocenters. The lowest BCUT2D eigenvalue weighted by Gasteiger charge is -2.05. The summed E-state index contributed by atoms with van der Waals surface area (Å²) in [5.41, 5.74) is 0.478. The fourth-order valence-corrected chi connectivity index (χ4v) is 1.05. The summed E-state index contributed by atoms with van der Waals surface area (Å²) < 4.78 is 1.43. The minimum atomic E-state index is -0.483. The Morgan fingerprint density at radius 2 is 2.36 bits per heavy atom.